The van der Waals surface area contributed by atoms with Gasteiger partial charge in [0, 0.05) is 25.3 Å². The van der Waals surface area contributed by atoms with Crippen LogP contribution in [0.1, 0.15) is 18.9 Å². The number of nitrogens with one attached hydrogen (secondary N) is 1. The van der Waals surface area contributed by atoms with Crippen molar-refractivity contribution in [1.29, 1.82) is 0 Å². The number of β-amino-alcohol motifs (C(OH)–C–C–N with tert-alkyl or cyclic N) is 1. The largest absolute Gasteiger partial charge is 0.389 e. The molecule has 1 aromatic rings. The second-order valence-electron chi connectivity index (χ2n) is 5.37. The lowest BCUT2D eigenvalue weighted by Gasteiger charge is -2.18. The van der Waals surface area contributed by atoms with Gasteiger partial charge >= 0.3 is 0 Å². The molecule has 1 atom stereocenters. The van der Waals surface area contributed by atoms with E-state index in [-0.39, 0.29) is 5.91 Å². The first kappa shape index (κ1) is 14.0. The molecule has 1 aromatic carbocycles. The molecule has 5 nitrogen and oxygen atoms in total. The van der Waals surface area contributed by atoms with E-state index in [2.05, 4.69) is 5.32 Å². The predicted octanol–water partition coefficient (Wildman–Crippen LogP) is 0.540. The van der Waals surface area contributed by atoms with Crippen LogP contribution in [0.2, 0.25) is 0 Å². The fourth-order valence-electron chi connectivity index (χ4n) is 2.39. The summed E-state index contributed by atoms with van der Waals surface area (Å²) in [7, 11) is 0. The zero-order chi connectivity index (χ0) is 13.9. The van der Waals surface area contributed by atoms with Crippen LogP contribution in [0.25, 0.3) is 0 Å². The van der Waals surface area contributed by atoms with Crippen LogP contribution in [0.3, 0.4) is 0 Å². The van der Waals surface area contributed by atoms with E-state index >= 15 is 0 Å². The fourth-order valence-corrected chi connectivity index (χ4v) is 2.39. The summed E-state index contributed by atoms with van der Waals surface area (Å²) < 4.78 is 0. The third-order valence-corrected chi connectivity index (χ3v) is 3.41. The molecule has 1 aliphatic rings. The van der Waals surface area contributed by atoms with Crippen LogP contribution in [-0.2, 0) is 11.3 Å². The first-order chi connectivity index (χ1) is 9.00. The molecule has 1 unspecified atom stereocenters. The van der Waals surface area contributed by atoms with Gasteiger partial charge in [-0.15, -0.1) is 0 Å². The van der Waals surface area contributed by atoms with Crippen molar-refractivity contribution in [2.24, 2.45) is 5.73 Å². The first-order valence-corrected chi connectivity index (χ1v) is 6.53. The highest BCUT2D eigenvalue weighted by atomic mass is 16.3. The van der Waals surface area contributed by atoms with E-state index in [1.807, 2.05) is 29.2 Å². The van der Waals surface area contributed by atoms with E-state index < -0.39 is 5.60 Å². The summed E-state index contributed by atoms with van der Waals surface area (Å²) in [6.07, 6.45) is 0.708. The zero-order valence-corrected chi connectivity index (χ0v) is 11.2. The van der Waals surface area contributed by atoms with Crippen molar-refractivity contribution in [2.45, 2.75) is 25.5 Å². The Morgan fingerprint density at radius 3 is 2.89 bits per heavy atom. The van der Waals surface area contributed by atoms with Gasteiger partial charge in [-0.1, -0.05) is 18.2 Å². The Kier molecular flexibility index (Phi) is 4.19. The number of likely N-dealkylation sites (tertiary alicyclic amines) is 1. The van der Waals surface area contributed by atoms with Crippen LogP contribution in [0.5, 0.6) is 0 Å². The van der Waals surface area contributed by atoms with Gasteiger partial charge in [0.1, 0.15) is 0 Å². The Morgan fingerprint density at radius 2 is 2.26 bits per heavy atom. The highest BCUT2D eigenvalue weighted by Crippen LogP contribution is 2.20. The molecule has 5 heteroatoms. The minimum absolute atomic E-state index is 0.0707. The average molecular weight is 263 g/mol. The van der Waals surface area contributed by atoms with Gasteiger partial charge in [-0.3, -0.25) is 9.69 Å². The van der Waals surface area contributed by atoms with E-state index in [1.165, 1.54) is 0 Å². The number of carbonyl (C=O) groups is 1. The van der Waals surface area contributed by atoms with Gasteiger partial charge in [0.15, 0.2) is 0 Å². The highest BCUT2D eigenvalue weighted by molar-refractivity contribution is 5.93. The van der Waals surface area contributed by atoms with Crippen molar-refractivity contribution in [3.63, 3.8) is 0 Å². The SMILES string of the molecule is CC1(O)CCN(CC(=O)Nc2ccccc2CN)C1. The van der Waals surface area contributed by atoms with Crippen molar-refractivity contribution in [3.05, 3.63) is 29.8 Å². The fraction of sp³-hybridized carbons (Fsp3) is 0.500. The molecule has 1 fully saturated rings. The molecule has 1 saturated heterocycles. The standard InChI is InChI=1S/C14H21N3O2/c1-14(19)6-7-17(10-14)9-13(18)16-12-5-3-2-4-11(12)8-15/h2-5,19H,6-10,15H2,1H3,(H,16,18). The maximum Gasteiger partial charge on any atom is 0.238 e. The molecule has 0 aromatic heterocycles. The van der Waals surface area contributed by atoms with Crippen molar-refractivity contribution < 1.29 is 9.90 Å². The van der Waals surface area contributed by atoms with Crippen molar-refractivity contribution in [3.8, 4) is 0 Å². The van der Waals surface area contributed by atoms with Crippen molar-refractivity contribution in [1.82, 2.24) is 4.90 Å². The smallest absolute Gasteiger partial charge is 0.238 e. The number of anilines is 1. The molecule has 0 spiro atoms. The normalized spacial score (nSPS) is 23.5. The molecule has 2 rings (SSSR count). The molecule has 1 amide bonds. The Labute approximate surface area is 113 Å². The third kappa shape index (κ3) is 3.76. The lowest BCUT2D eigenvalue weighted by Crippen LogP contribution is -2.35. The molecule has 0 bridgehead atoms. The molecular weight excluding hydrogens is 242 g/mol. The second kappa shape index (κ2) is 5.69. The molecule has 1 aliphatic heterocycles. The number of rotatable bonds is 4. The lowest BCUT2D eigenvalue weighted by atomic mass is 10.1. The number of para-hydroxylation sites is 1. The summed E-state index contributed by atoms with van der Waals surface area (Å²) >= 11 is 0. The highest BCUT2D eigenvalue weighted by Gasteiger charge is 2.31. The number of carbonyl (C=O) groups excluding carboxylic acids is 1. The molecule has 104 valence electrons. The summed E-state index contributed by atoms with van der Waals surface area (Å²) in [5.41, 5.74) is 6.64. The van der Waals surface area contributed by atoms with Crippen LogP contribution in [-0.4, -0.2) is 41.1 Å². The van der Waals surface area contributed by atoms with Gasteiger partial charge in [0.05, 0.1) is 12.1 Å². The maximum absolute atomic E-state index is 12.0. The molecular formula is C14H21N3O2. The van der Waals surface area contributed by atoms with E-state index in [0.717, 1.165) is 17.8 Å². The van der Waals surface area contributed by atoms with E-state index in [1.54, 1.807) is 6.92 Å². The molecule has 0 radical (unpaired) electrons. The van der Waals surface area contributed by atoms with E-state index in [0.29, 0.717) is 26.1 Å². The Morgan fingerprint density at radius 1 is 1.53 bits per heavy atom. The molecule has 0 saturated carbocycles. The Bertz CT molecular complexity index is 460. The van der Waals surface area contributed by atoms with Crippen LogP contribution in [0.4, 0.5) is 5.69 Å². The van der Waals surface area contributed by atoms with Gasteiger partial charge in [0.25, 0.3) is 0 Å². The lowest BCUT2D eigenvalue weighted by molar-refractivity contribution is -0.117. The third-order valence-electron chi connectivity index (χ3n) is 3.41. The van der Waals surface area contributed by atoms with Crippen LogP contribution >= 0.6 is 0 Å². The van der Waals surface area contributed by atoms with Gasteiger partial charge in [-0.25, -0.2) is 0 Å². The summed E-state index contributed by atoms with van der Waals surface area (Å²) in [6.45, 7) is 3.79. The van der Waals surface area contributed by atoms with Crippen molar-refractivity contribution >= 4 is 11.6 Å². The first-order valence-electron chi connectivity index (χ1n) is 6.53. The summed E-state index contributed by atoms with van der Waals surface area (Å²) in [4.78, 5) is 13.9. The minimum atomic E-state index is -0.671. The van der Waals surface area contributed by atoms with Crippen LogP contribution < -0.4 is 11.1 Å². The summed E-state index contributed by atoms with van der Waals surface area (Å²) in [5, 5.41) is 12.7. The monoisotopic (exact) mass is 263 g/mol. The molecule has 0 aliphatic carbocycles. The van der Waals surface area contributed by atoms with E-state index in [9.17, 15) is 9.90 Å². The average Bonchev–Trinajstić information content (AvgIpc) is 2.69. The van der Waals surface area contributed by atoms with Gasteiger partial charge in [-0.2, -0.15) is 0 Å². The number of benzene rings is 1. The number of hydrogen-bond acceptors (Lipinski definition) is 4. The number of aliphatic hydroxyl groups is 1. The predicted molar refractivity (Wildman–Crippen MR) is 74.6 cm³/mol. The number of amides is 1. The quantitative estimate of drug-likeness (QED) is 0.741. The van der Waals surface area contributed by atoms with Gasteiger partial charge in [-0.05, 0) is 25.0 Å². The maximum atomic E-state index is 12.0. The van der Waals surface area contributed by atoms with Gasteiger partial charge < -0.3 is 16.2 Å². The second-order valence-corrected chi connectivity index (χ2v) is 5.37. The topological polar surface area (TPSA) is 78.6 Å². The molecule has 4 N–H and O–H groups in total. The Balaban J connectivity index is 1.91. The Hall–Kier alpha value is -1.43. The van der Waals surface area contributed by atoms with Crippen LogP contribution in [0, 0.1) is 0 Å². The van der Waals surface area contributed by atoms with Crippen LogP contribution in [0.15, 0.2) is 24.3 Å². The van der Waals surface area contributed by atoms with E-state index in [4.69, 9.17) is 5.73 Å². The summed E-state index contributed by atoms with van der Waals surface area (Å²) in [6, 6.07) is 7.52. The zero-order valence-electron chi connectivity index (χ0n) is 11.2. The number of nitrogens with zero attached hydrogens (tertiary/aromatic N) is 1. The van der Waals surface area contributed by atoms with Crippen molar-refractivity contribution in [2.75, 3.05) is 25.0 Å². The molecule has 19 heavy (non-hydrogen) atoms. The number of nitrogens with two attached hydrogens (primary N) is 1. The van der Waals surface area contributed by atoms with Gasteiger partial charge in [0.2, 0.25) is 5.91 Å². The molecule has 1 heterocycles. The minimum Gasteiger partial charge on any atom is -0.389 e. The summed E-state index contributed by atoms with van der Waals surface area (Å²) in [5.74, 6) is -0.0707. The number of hydrogen-bond donors (Lipinski definition) is 3.